The van der Waals surface area contributed by atoms with Gasteiger partial charge in [-0.3, -0.25) is 33.6 Å². The van der Waals surface area contributed by atoms with Gasteiger partial charge in [0.2, 0.25) is 29.5 Å². The van der Waals surface area contributed by atoms with Crippen LogP contribution in [0.5, 0.6) is 0 Å². The van der Waals surface area contributed by atoms with Gasteiger partial charge in [0.15, 0.2) is 5.52 Å². The molecule has 1 fully saturated rings. The Hall–Kier alpha value is -3.77. The number of carboxylic acids is 2. The molecule has 1 rings (SSSR count). The second-order valence-corrected chi connectivity index (χ2v) is 18.3. The zero-order chi connectivity index (χ0) is 50.0. The highest BCUT2D eigenvalue weighted by atomic mass is 31.0. The van der Waals surface area contributed by atoms with Crippen LogP contribution in [0.4, 0.5) is 0 Å². The van der Waals surface area contributed by atoms with Gasteiger partial charge >= 0.3 is 11.9 Å². The molecule has 0 aliphatic heterocycles. The third-order valence-corrected chi connectivity index (χ3v) is 12.3. The first-order valence-electron chi connectivity index (χ1n) is 25.2. The summed E-state index contributed by atoms with van der Waals surface area (Å²) in [6, 6.07) is -1.79. The molecule has 20 heteroatoms. The van der Waals surface area contributed by atoms with Crippen molar-refractivity contribution in [2.45, 2.75) is 173 Å². The standard InChI is InChI=1S/C48H86N5O14P/c1-37(48(63)68)52-44(57)36-67-33-31-65-29-27-50-43(56)35-66-32-30-64-28-26-49-42(55)25-24-40(47(61)62)53-46(60)39-22-20-38(21-23-39)34-51-41(54)18-16-14-12-10-8-6-4-2-3-5-7-9-11-13-15-17-19-45(58)59/h37-40H,2-36,68H2,1H3,(H,49,55)(H,50,56)(H,51,54)(H,52,57)(H,53,60)(H,58,59)(H,61,62)/t37-,38-,39-,40-/m0/s1. The van der Waals surface area contributed by atoms with E-state index >= 15 is 0 Å². The summed E-state index contributed by atoms with van der Waals surface area (Å²) >= 11 is 0. The first-order chi connectivity index (χ1) is 32.8. The SMILES string of the molecule is C[C@H](NC(=O)COCCOCCNC(=O)COCCOCCNC(=O)CC[C@H](NC(=O)[C@H]1CC[C@H](CNC(=O)CCCCCCCCCCCCCCCCCCC(=O)O)CC1)C(=O)O)C(=O)P. The molecule has 0 radical (unpaired) electrons. The number of ether oxygens (including phenoxy) is 4. The predicted molar refractivity (Wildman–Crippen MR) is 260 cm³/mol. The van der Waals surface area contributed by atoms with E-state index in [0.29, 0.717) is 32.2 Å². The molecule has 7 N–H and O–H groups in total. The van der Waals surface area contributed by atoms with Crippen LogP contribution in [-0.4, -0.2) is 142 Å². The molecule has 0 heterocycles. The minimum absolute atomic E-state index is 0.0576. The van der Waals surface area contributed by atoms with E-state index in [1.54, 1.807) is 6.92 Å². The second-order valence-electron chi connectivity index (χ2n) is 17.7. The van der Waals surface area contributed by atoms with E-state index in [2.05, 4.69) is 26.6 Å². The molecular weight excluding hydrogens is 902 g/mol. The Morgan fingerprint density at radius 3 is 1.44 bits per heavy atom. The maximum Gasteiger partial charge on any atom is 0.326 e. The molecule has 68 heavy (non-hydrogen) atoms. The van der Waals surface area contributed by atoms with Crippen LogP contribution in [0.2, 0.25) is 0 Å². The molecule has 0 bridgehead atoms. The lowest BCUT2D eigenvalue weighted by atomic mass is 9.81. The number of unbranched alkanes of at least 4 members (excludes halogenated alkanes) is 15. The number of amides is 5. The molecule has 0 aromatic rings. The molecule has 0 spiro atoms. The molecule has 3 atom stereocenters. The Bertz CT molecular complexity index is 1430. The van der Waals surface area contributed by atoms with Crippen LogP contribution in [0, 0.1) is 11.8 Å². The van der Waals surface area contributed by atoms with Crippen molar-refractivity contribution in [1.29, 1.82) is 0 Å². The van der Waals surface area contributed by atoms with Crippen molar-refractivity contribution >= 4 is 56.2 Å². The van der Waals surface area contributed by atoms with Gasteiger partial charge in [-0.2, -0.15) is 0 Å². The number of hydrogen-bond acceptors (Lipinski definition) is 12. The van der Waals surface area contributed by atoms with Crippen LogP contribution in [0.3, 0.4) is 0 Å². The molecule has 1 unspecified atom stereocenters. The Morgan fingerprint density at radius 2 is 0.956 bits per heavy atom. The zero-order valence-corrected chi connectivity index (χ0v) is 42.1. The molecule has 19 nitrogen and oxygen atoms in total. The number of aliphatic carboxylic acids is 2. The minimum Gasteiger partial charge on any atom is -0.481 e. The van der Waals surface area contributed by atoms with Gasteiger partial charge in [-0.1, -0.05) is 99.1 Å². The highest BCUT2D eigenvalue weighted by Gasteiger charge is 2.30. The lowest BCUT2D eigenvalue weighted by Crippen LogP contribution is -2.45. The summed E-state index contributed by atoms with van der Waals surface area (Å²) in [6.07, 6.45) is 22.1. The van der Waals surface area contributed by atoms with E-state index < -0.39 is 29.9 Å². The smallest absolute Gasteiger partial charge is 0.326 e. The third-order valence-electron chi connectivity index (χ3n) is 11.8. The van der Waals surface area contributed by atoms with Crippen molar-refractivity contribution in [2.75, 3.05) is 72.5 Å². The largest absolute Gasteiger partial charge is 0.481 e. The summed E-state index contributed by atoms with van der Waals surface area (Å²) in [5.41, 5.74) is -0.232. The van der Waals surface area contributed by atoms with E-state index in [0.717, 1.165) is 51.4 Å². The Kier molecular flexibility index (Phi) is 38.6. The summed E-state index contributed by atoms with van der Waals surface area (Å²) in [7, 11) is 2.00. The summed E-state index contributed by atoms with van der Waals surface area (Å²) in [4.78, 5) is 94.8. The van der Waals surface area contributed by atoms with Gasteiger partial charge in [-0.15, -0.1) is 0 Å². The maximum absolute atomic E-state index is 13.0. The fourth-order valence-electron chi connectivity index (χ4n) is 7.62. The lowest BCUT2D eigenvalue weighted by Gasteiger charge is -2.28. The number of carboxylic acid groups (broad SMARTS) is 2. The molecule has 1 saturated carbocycles. The molecular formula is C48H86N5O14P. The van der Waals surface area contributed by atoms with Gasteiger partial charge in [0, 0.05) is 44.8 Å². The van der Waals surface area contributed by atoms with Crippen molar-refractivity contribution in [3.05, 3.63) is 0 Å². The number of nitrogens with one attached hydrogen (secondary N) is 5. The van der Waals surface area contributed by atoms with E-state index in [1.165, 1.54) is 64.2 Å². The summed E-state index contributed by atoms with van der Waals surface area (Å²) < 4.78 is 21.2. The summed E-state index contributed by atoms with van der Waals surface area (Å²) in [6.45, 7) is 3.37. The van der Waals surface area contributed by atoms with Crippen molar-refractivity contribution in [1.82, 2.24) is 26.6 Å². The Morgan fingerprint density at radius 1 is 0.515 bits per heavy atom. The third kappa shape index (κ3) is 37.2. The van der Waals surface area contributed by atoms with E-state index in [4.69, 9.17) is 24.1 Å². The van der Waals surface area contributed by atoms with Gasteiger partial charge in [0.25, 0.3) is 0 Å². The summed E-state index contributed by atoms with van der Waals surface area (Å²) in [5, 5.41) is 31.8. The molecule has 1 aliphatic rings. The number of carbonyl (C=O) groups is 8. The molecule has 0 aromatic heterocycles. The molecule has 1 aliphatic carbocycles. The molecule has 0 aromatic carbocycles. The normalized spacial score (nSPS) is 15.4. The lowest BCUT2D eigenvalue weighted by molar-refractivity contribution is -0.143. The first-order valence-corrected chi connectivity index (χ1v) is 25.8. The van der Waals surface area contributed by atoms with Gasteiger partial charge in [-0.05, 0) is 57.8 Å². The Labute approximate surface area is 406 Å². The van der Waals surface area contributed by atoms with Gasteiger partial charge in [-0.25, -0.2) is 4.79 Å². The highest BCUT2D eigenvalue weighted by Crippen LogP contribution is 2.29. The monoisotopic (exact) mass is 988 g/mol. The van der Waals surface area contributed by atoms with E-state index in [1.807, 2.05) is 9.24 Å². The predicted octanol–water partition coefficient (Wildman–Crippen LogP) is 4.57. The second kappa shape index (κ2) is 42.1. The fraction of sp³-hybridized carbons (Fsp3) is 0.833. The Balaban J connectivity index is 1.99. The van der Waals surface area contributed by atoms with Crippen molar-refractivity contribution in [2.24, 2.45) is 11.8 Å². The average molecular weight is 988 g/mol. The number of rotatable bonds is 45. The van der Waals surface area contributed by atoms with Crippen LogP contribution in [0.25, 0.3) is 0 Å². The molecule has 392 valence electrons. The van der Waals surface area contributed by atoms with Gasteiger partial charge < -0.3 is 55.7 Å². The number of hydrogen-bond donors (Lipinski definition) is 7. The van der Waals surface area contributed by atoms with E-state index in [9.17, 15) is 43.5 Å². The van der Waals surface area contributed by atoms with Gasteiger partial charge in [0.05, 0.1) is 45.7 Å². The van der Waals surface area contributed by atoms with E-state index in [-0.39, 0.29) is 120 Å². The van der Waals surface area contributed by atoms with Crippen LogP contribution in [-0.2, 0) is 57.3 Å². The average Bonchev–Trinajstić information content (AvgIpc) is 3.30. The number of carbonyl (C=O) groups excluding carboxylic acids is 6. The van der Waals surface area contributed by atoms with Crippen LogP contribution in [0.1, 0.15) is 161 Å². The molecule has 0 saturated heterocycles. The van der Waals surface area contributed by atoms with Crippen molar-refractivity contribution in [3.63, 3.8) is 0 Å². The zero-order valence-electron chi connectivity index (χ0n) is 40.9. The maximum atomic E-state index is 13.0. The summed E-state index contributed by atoms with van der Waals surface area (Å²) in [5.74, 6) is -3.30. The van der Waals surface area contributed by atoms with Crippen LogP contribution < -0.4 is 26.6 Å². The topological polar surface area (TPSA) is 274 Å². The molecule has 5 amide bonds. The van der Waals surface area contributed by atoms with Crippen molar-refractivity contribution in [3.8, 4) is 0 Å². The van der Waals surface area contributed by atoms with Crippen LogP contribution >= 0.6 is 9.24 Å². The first kappa shape index (κ1) is 62.2. The fourth-order valence-corrected chi connectivity index (χ4v) is 7.71. The quantitative estimate of drug-likeness (QED) is 0.0326. The highest BCUT2D eigenvalue weighted by molar-refractivity contribution is 7.40. The van der Waals surface area contributed by atoms with Crippen molar-refractivity contribution < 1.29 is 67.5 Å². The minimum atomic E-state index is -1.20. The van der Waals surface area contributed by atoms with Gasteiger partial charge in [0.1, 0.15) is 19.3 Å². The van der Waals surface area contributed by atoms with Crippen LogP contribution in [0.15, 0.2) is 0 Å².